The number of halogens is 1. The van der Waals surface area contributed by atoms with Crippen LogP contribution in [0.4, 0.5) is 0 Å². The molecule has 0 saturated carbocycles. The third kappa shape index (κ3) is 2.87. The monoisotopic (exact) mass is 312 g/mol. The molecule has 0 unspecified atom stereocenters. The summed E-state index contributed by atoms with van der Waals surface area (Å²) < 4.78 is 5.17. The second-order valence-corrected chi connectivity index (χ2v) is 5.11. The number of fused-ring (bicyclic) bond motifs is 1. The number of para-hydroxylation sites is 1. The molecular formula is C17H13ClN2O2. The van der Waals surface area contributed by atoms with E-state index in [1.165, 1.54) is 0 Å². The maximum Gasteiger partial charge on any atom is 0.259 e. The molecule has 1 aromatic heterocycles. The average Bonchev–Trinajstić information content (AvgIpc) is 2.55. The first-order valence-electron chi connectivity index (χ1n) is 6.68. The van der Waals surface area contributed by atoms with Crippen molar-refractivity contribution >= 4 is 33.6 Å². The minimum absolute atomic E-state index is 0.210. The summed E-state index contributed by atoms with van der Waals surface area (Å²) in [5.74, 6) is 1.08. The lowest BCUT2D eigenvalue weighted by Crippen LogP contribution is -2.10. The molecule has 0 bridgehead atoms. The van der Waals surface area contributed by atoms with Gasteiger partial charge in [0.25, 0.3) is 5.56 Å². The number of aromatic nitrogens is 2. The zero-order valence-corrected chi connectivity index (χ0v) is 12.6. The summed E-state index contributed by atoms with van der Waals surface area (Å²) in [6.07, 6.45) is 1.73. The maximum atomic E-state index is 12.1. The lowest BCUT2D eigenvalue weighted by molar-refractivity contribution is 0.414. The number of hydrogen-bond donors (Lipinski definition) is 1. The molecule has 3 rings (SSSR count). The van der Waals surface area contributed by atoms with Crippen LogP contribution in [0.15, 0.2) is 53.3 Å². The molecule has 22 heavy (non-hydrogen) atoms. The summed E-state index contributed by atoms with van der Waals surface area (Å²) in [7, 11) is 1.60. The molecule has 0 spiro atoms. The van der Waals surface area contributed by atoms with E-state index < -0.39 is 0 Å². The number of benzene rings is 2. The largest absolute Gasteiger partial charge is 0.497 e. The Hall–Kier alpha value is -2.59. The molecule has 1 heterocycles. The smallest absolute Gasteiger partial charge is 0.259 e. The molecule has 0 fully saturated rings. The quantitative estimate of drug-likeness (QED) is 0.803. The van der Waals surface area contributed by atoms with Crippen molar-refractivity contribution in [2.24, 2.45) is 0 Å². The molecule has 3 aromatic rings. The van der Waals surface area contributed by atoms with E-state index in [2.05, 4.69) is 9.97 Å². The molecule has 0 radical (unpaired) electrons. The number of aromatic amines is 1. The van der Waals surface area contributed by atoms with Crippen molar-refractivity contribution in [1.82, 2.24) is 9.97 Å². The van der Waals surface area contributed by atoms with Crippen molar-refractivity contribution in [3.63, 3.8) is 0 Å². The molecule has 0 aliphatic carbocycles. The van der Waals surface area contributed by atoms with Gasteiger partial charge in [0, 0.05) is 0 Å². The lowest BCUT2D eigenvalue weighted by atomic mass is 10.2. The van der Waals surface area contributed by atoms with Crippen LogP contribution >= 0.6 is 11.6 Å². The molecule has 0 aliphatic rings. The van der Waals surface area contributed by atoms with E-state index in [0.29, 0.717) is 21.8 Å². The molecule has 110 valence electrons. The van der Waals surface area contributed by atoms with Gasteiger partial charge in [0.15, 0.2) is 5.82 Å². The number of H-pyrrole nitrogens is 1. The van der Waals surface area contributed by atoms with Crippen LogP contribution < -0.4 is 10.3 Å². The van der Waals surface area contributed by atoms with E-state index in [9.17, 15) is 4.79 Å². The highest BCUT2D eigenvalue weighted by Gasteiger charge is 2.06. The van der Waals surface area contributed by atoms with Crippen molar-refractivity contribution in [3.05, 3.63) is 70.3 Å². The average molecular weight is 313 g/mol. The van der Waals surface area contributed by atoms with Gasteiger partial charge in [-0.1, -0.05) is 35.9 Å². The minimum atomic E-state index is -0.210. The van der Waals surface area contributed by atoms with Crippen LogP contribution in [0.3, 0.4) is 0 Å². The molecular weight excluding hydrogens is 300 g/mol. The Morgan fingerprint density at radius 1 is 1.23 bits per heavy atom. The Balaban J connectivity index is 2.06. The Morgan fingerprint density at radius 3 is 2.86 bits per heavy atom. The summed E-state index contributed by atoms with van der Waals surface area (Å²) in [6, 6.07) is 14.6. The normalized spacial score (nSPS) is 11.6. The highest BCUT2D eigenvalue weighted by Crippen LogP contribution is 2.22. The zero-order valence-electron chi connectivity index (χ0n) is 11.8. The van der Waals surface area contributed by atoms with Crippen LogP contribution in [0.25, 0.3) is 22.0 Å². The summed E-state index contributed by atoms with van der Waals surface area (Å²) in [6.45, 7) is 0. The zero-order chi connectivity index (χ0) is 15.5. The van der Waals surface area contributed by atoms with Crippen LogP contribution in [-0.4, -0.2) is 17.1 Å². The highest BCUT2D eigenvalue weighted by molar-refractivity contribution is 6.50. The van der Waals surface area contributed by atoms with Crippen molar-refractivity contribution in [2.45, 2.75) is 0 Å². The summed E-state index contributed by atoms with van der Waals surface area (Å²) in [5.41, 5.74) is 1.26. The van der Waals surface area contributed by atoms with E-state index in [1.807, 2.05) is 30.3 Å². The van der Waals surface area contributed by atoms with Crippen LogP contribution in [0, 0.1) is 0 Å². The first kappa shape index (κ1) is 14.4. The molecule has 0 saturated heterocycles. The van der Waals surface area contributed by atoms with Gasteiger partial charge < -0.3 is 9.72 Å². The Morgan fingerprint density at radius 2 is 2.05 bits per heavy atom. The number of hydrogen-bond acceptors (Lipinski definition) is 3. The van der Waals surface area contributed by atoms with Crippen LogP contribution in [-0.2, 0) is 0 Å². The summed E-state index contributed by atoms with van der Waals surface area (Å²) >= 11 is 6.30. The highest BCUT2D eigenvalue weighted by atomic mass is 35.5. The van der Waals surface area contributed by atoms with E-state index in [1.54, 1.807) is 31.4 Å². The summed E-state index contributed by atoms with van der Waals surface area (Å²) in [5, 5.41) is 0.896. The van der Waals surface area contributed by atoms with Crippen molar-refractivity contribution in [1.29, 1.82) is 0 Å². The van der Waals surface area contributed by atoms with Crippen molar-refractivity contribution in [3.8, 4) is 5.75 Å². The first-order valence-corrected chi connectivity index (χ1v) is 7.06. The first-order chi connectivity index (χ1) is 10.7. The van der Waals surface area contributed by atoms with E-state index >= 15 is 0 Å². The molecule has 5 heteroatoms. The van der Waals surface area contributed by atoms with Gasteiger partial charge >= 0.3 is 0 Å². The predicted octanol–water partition coefficient (Wildman–Crippen LogP) is 3.67. The number of nitrogens with zero attached hydrogens (tertiary/aromatic N) is 1. The lowest BCUT2D eigenvalue weighted by Gasteiger charge is -2.03. The number of nitrogens with one attached hydrogen (secondary N) is 1. The summed E-state index contributed by atoms with van der Waals surface area (Å²) in [4.78, 5) is 19.1. The fraction of sp³-hybridized carbons (Fsp3) is 0.0588. The predicted molar refractivity (Wildman–Crippen MR) is 89.1 cm³/mol. The SMILES string of the molecule is COc1cccc(/C=C(\Cl)c2nc3ccccc3c(=O)[nH]2)c1. The fourth-order valence-corrected chi connectivity index (χ4v) is 2.36. The van der Waals surface area contributed by atoms with E-state index in [-0.39, 0.29) is 5.56 Å². The van der Waals surface area contributed by atoms with Gasteiger partial charge in [-0.3, -0.25) is 4.79 Å². The van der Waals surface area contributed by atoms with Crippen LogP contribution in [0.2, 0.25) is 0 Å². The maximum absolute atomic E-state index is 12.1. The van der Waals surface area contributed by atoms with Crippen LogP contribution in [0.5, 0.6) is 5.75 Å². The fourth-order valence-electron chi connectivity index (χ4n) is 2.15. The second kappa shape index (κ2) is 6.03. The molecule has 2 aromatic carbocycles. The van der Waals surface area contributed by atoms with Gasteiger partial charge in [0.1, 0.15) is 5.75 Å². The molecule has 1 N–H and O–H groups in total. The minimum Gasteiger partial charge on any atom is -0.497 e. The molecule has 0 aliphatic heterocycles. The Bertz CT molecular complexity index is 916. The number of methoxy groups -OCH3 is 1. The van der Waals surface area contributed by atoms with Gasteiger partial charge in [0.05, 0.1) is 23.0 Å². The van der Waals surface area contributed by atoms with Gasteiger partial charge in [-0.2, -0.15) is 0 Å². The van der Waals surface area contributed by atoms with Gasteiger partial charge in [-0.15, -0.1) is 0 Å². The third-order valence-corrected chi connectivity index (χ3v) is 3.51. The van der Waals surface area contributed by atoms with Gasteiger partial charge in [-0.25, -0.2) is 4.98 Å². The van der Waals surface area contributed by atoms with E-state index in [4.69, 9.17) is 16.3 Å². The third-order valence-electron chi connectivity index (χ3n) is 3.23. The van der Waals surface area contributed by atoms with Gasteiger partial charge in [-0.05, 0) is 35.9 Å². The number of ether oxygens (including phenoxy) is 1. The Kier molecular flexibility index (Phi) is 3.94. The van der Waals surface area contributed by atoms with Crippen molar-refractivity contribution in [2.75, 3.05) is 7.11 Å². The van der Waals surface area contributed by atoms with E-state index in [0.717, 1.165) is 11.3 Å². The van der Waals surface area contributed by atoms with Gasteiger partial charge in [0.2, 0.25) is 0 Å². The second-order valence-electron chi connectivity index (χ2n) is 4.70. The number of rotatable bonds is 3. The molecule has 4 nitrogen and oxygen atoms in total. The Labute approximate surface area is 132 Å². The molecule has 0 amide bonds. The topological polar surface area (TPSA) is 55.0 Å². The molecule has 0 atom stereocenters. The van der Waals surface area contributed by atoms with Crippen molar-refractivity contribution < 1.29 is 4.74 Å². The standard InChI is InChI=1S/C17H13ClN2O2/c1-22-12-6-4-5-11(9-12)10-14(18)16-19-15-8-3-2-7-13(15)17(21)20-16/h2-10H,1H3,(H,19,20,21)/b14-10-. The van der Waals surface area contributed by atoms with Crippen LogP contribution in [0.1, 0.15) is 11.4 Å².